The van der Waals surface area contributed by atoms with Crippen LogP contribution in [0.2, 0.25) is 0 Å². The van der Waals surface area contributed by atoms with Gasteiger partial charge in [0.05, 0.1) is 6.04 Å². The van der Waals surface area contributed by atoms with Crippen LogP contribution in [0.25, 0.3) is 0 Å². The van der Waals surface area contributed by atoms with Crippen molar-refractivity contribution >= 4 is 11.6 Å². The number of carbonyl (C=O) groups is 1. The van der Waals surface area contributed by atoms with E-state index in [1.54, 1.807) is 6.92 Å². The summed E-state index contributed by atoms with van der Waals surface area (Å²) in [5, 5.41) is 0. The summed E-state index contributed by atoms with van der Waals surface area (Å²) in [6.45, 7) is 2.69. The molecule has 1 heterocycles. The maximum atomic E-state index is 11.6. The summed E-state index contributed by atoms with van der Waals surface area (Å²) in [5.41, 5.74) is 2.52. The number of anilines is 1. The Morgan fingerprint density at radius 1 is 1.41 bits per heavy atom. The van der Waals surface area contributed by atoms with Crippen LogP contribution in [0.4, 0.5) is 5.69 Å². The van der Waals surface area contributed by atoms with Crippen LogP contribution < -0.4 is 4.90 Å². The molecule has 0 aliphatic carbocycles. The highest BCUT2D eigenvalue weighted by molar-refractivity contribution is 5.74. The molecule has 1 atom stereocenters. The van der Waals surface area contributed by atoms with Gasteiger partial charge in [0.15, 0.2) is 0 Å². The maximum absolute atomic E-state index is 11.6. The molecule has 1 aromatic rings. The third-order valence-corrected chi connectivity index (χ3v) is 3.64. The third kappa shape index (κ3) is 2.28. The van der Waals surface area contributed by atoms with E-state index in [1.165, 1.54) is 11.3 Å². The molecule has 0 aromatic heterocycles. The fourth-order valence-electron chi connectivity index (χ4n) is 2.54. The Morgan fingerprint density at radius 3 is 2.82 bits per heavy atom. The lowest BCUT2D eigenvalue weighted by molar-refractivity contribution is -0.129. The second kappa shape index (κ2) is 4.78. The summed E-state index contributed by atoms with van der Waals surface area (Å²) < 4.78 is 0. The number of carbonyl (C=O) groups excluding carboxylic acids is 1. The Kier molecular flexibility index (Phi) is 3.36. The van der Waals surface area contributed by atoms with E-state index in [-0.39, 0.29) is 11.9 Å². The molecule has 0 bridgehead atoms. The minimum Gasteiger partial charge on any atom is -0.374 e. The molecular weight excluding hydrogens is 212 g/mol. The number of hydrogen-bond donors (Lipinski definition) is 0. The molecule has 1 aliphatic heterocycles. The van der Waals surface area contributed by atoms with Gasteiger partial charge in [0, 0.05) is 33.3 Å². The quantitative estimate of drug-likeness (QED) is 0.742. The lowest BCUT2D eigenvalue weighted by Crippen LogP contribution is -2.29. The molecule has 0 radical (unpaired) electrons. The average molecular weight is 232 g/mol. The summed E-state index contributed by atoms with van der Waals surface area (Å²) in [4.78, 5) is 15.7. The normalized spacial score (nSPS) is 19.5. The van der Waals surface area contributed by atoms with Crippen molar-refractivity contribution in [2.45, 2.75) is 25.8 Å². The zero-order valence-corrected chi connectivity index (χ0v) is 10.8. The van der Waals surface area contributed by atoms with Crippen molar-refractivity contribution in [2.75, 3.05) is 25.5 Å². The Bertz CT molecular complexity index is 416. The summed E-state index contributed by atoms with van der Waals surface area (Å²) in [5.74, 6) is 0.134. The molecule has 1 amide bonds. The fraction of sp³-hybridized carbons (Fsp3) is 0.500. The number of benzene rings is 1. The smallest absolute Gasteiger partial charge is 0.219 e. The SMILES string of the molecule is CC(=O)N(C)C1CCCN(C)c2ccccc21. The molecule has 17 heavy (non-hydrogen) atoms. The van der Waals surface area contributed by atoms with Crippen LogP contribution >= 0.6 is 0 Å². The van der Waals surface area contributed by atoms with Crippen LogP contribution in [0, 0.1) is 0 Å². The molecule has 3 heteroatoms. The van der Waals surface area contributed by atoms with Gasteiger partial charge in [-0.1, -0.05) is 18.2 Å². The number of fused-ring (bicyclic) bond motifs is 1. The van der Waals surface area contributed by atoms with Crippen molar-refractivity contribution in [3.63, 3.8) is 0 Å². The number of nitrogens with zero attached hydrogens (tertiary/aromatic N) is 2. The largest absolute Gasteiger partial charge is 0.374 e. The van der Waals surface area contributed by atoms with E-state index in [0.717, 1.165) is 19.4 Å². The molecule has 1 unspecified atom stereocenters. The van der Waals surface area contributed by atoms with E-state index in [9.17, 15) is 4.79 Å². The lowest BCUT2D eigenvalue weighted by Gasteiger charge is -2.28. The highest BCUT2D eigenvalue weighted by Gasteiger charge is 2.25. The van der Waals surface area contributed by atoms with E-state index in [1.807, 2.05) is 11.9 Å². The second-order valence-electron chi connectivity index (χ2n) is 4.77. The summed E-state index contributed by atoms with van der Waals surface area (Å²) in [7, 11) is 4.02. The van der Waals surface area contributed by atoms with Gasteiger partial charge in [-0.15, -0.1) is 0 Å². The molecule has 3 nitrogen and oxygen atoms in total. The minimum atomic E-state index is 0.134. The molecule has 1 aromatic carbocycles. The Labute approximate surface area is 103 Å². The molecule has 0 fully saturated rings. The van der Waals surface area contributed by atoms with Gasteiger partial charge in [0.25, 0.3) is 0 Å². The number of rotatable bonds is 1. The van der Waals surface area contributed by atoms with E-state index < -0.39 is 0 Å². The first-order valence-electron chi connectivity index (χ1n) is 6.14. The summed E-state index contributed by atoms with van der Waals surface area (Å²) >= 11 is 0. The van der Waals surface area contributed by atoms with Gasteiger partial charge in [0.2, 0.25) is 5.91 Å². The standard InChI is InChI=1S/C14H20N2O/c1-11(17)16(3)14-9-6-10-15(2)13-8-5-4-7-12(13)14/h4-5,7-8,14H,6,9-10H2,1-3H3. The van der Waals surface area contributed by atoms with E-state index >= 15 is 0 Å². The summed E-state index contributed by atoms with van der Waals surface area (Å²) in [6, 6.07) is 8.61. The van der Waals surface area contributed by atoms with Crippen molar-refractivity contribution in [3.05, 3.63) is 29.8 Å². The van der Waals surface area contributed by atoms with Crippen LogP contribution in [0.3, 0.4) is 0 Å². The topological polar surface area (TPSA) is 23.6 Å². The van der Waals surface area contributed by atoms with Crippen LogP contribution in [-0.2, 0) is 4.79 Å². The second-order valence-corrected chi connectivity index (χ2v) is 4.77. The zero-order chi connectivity index (χ0) is 12.4. The van der Waals surface area contributed by atoms with Crippen LogP contribution in [0.1, 0.15) is 31.4 Å². The fourth-order valence-corrected chi connectivity index (χ4v) is 2.54. The van der Waals surface area contributed by atoms with Crippen molar-refractivity contribution < 1.29 is 4.79 Å². The zero-order valence-electron chi connectivity index (χ0n) is 10.8. The van der Waals surface area contributed by atoms with Crippen LogP contribution in [-0.4, -0.2) is 31.4 Å². The Hall–Kier alpha value is -1.51. The highest BCUT2D eigenvalue weighted by atomic mass is 16.2. The van der Waals surface area contributed by atoms with Gasteiger partial charge < -0.3 is 9.80 Å². The van der Waals surface area contributed by atoms with Gasteiger partial charge in [-0.05, 0) is 24.5 Å². The molecule has 0 saturated carbocycles. The predicted octanol–water partition coefficient (Wildman–Crippen LogP) is 2.44. The lowest BCUT2D eigenvalue weighted by atomic mass is 10.0. The van der Waals surface area contributed by atoms with Crippen molar-refractivity contribution in [3.8, 4) is 0 Å². The van der Waals surface area contributed by atoms with E-state index in [2.05, 4.69) is 36.2 Å². The molecule has 1 aliphatic rings. The van der Waals surface area contributed by atoms with Gasteiger partial charge >= 0.3 is 0 Å². The molecular formula is C14H20N2O. The Balaban J connectivity index is 2.41. The van der Waals surface area contributed by atoms with Gasteiger partial charge in [-0.25, -0.2) is 0 Å². The summed E-state index contributed by atoms with van der Waals surface area (Å²) in [6.07, 6.45) is 2.16. The molecule has 0 spiro atoms. The first-order valence-corrected chi connectivity index (χ1v) is 6.14. The molecule has 2 rings (SSSR count). The van der Waals surface area contributed by atoms with Gasteiger partial charge in [0.1, 0.15) is 0 Å². The minimum absolute atomic E-state index is 0.134. The van der Waals surface area contributed by atoms with Crippen LogP contribution in [0.5, 0.6) is 0 Å². The number of para-hydroxylation sites is 1. The van der Waals surface area contributed by atoms with Crippen molar-refractivity contribution in [2.24, 2.45) is 0 Å². The Morgan fingerprint density at radius 2 is 2.12 bits per heavy atom. The molecule has 92 valence electrons. The van der Waals surface area contributed by atoms with Gasteiger partial charge in [-0.2, -0.15) is 0 Å². The molecule has 0 N–H and O–H groups in total. The van der Waals surface area contributed by atoms with E-state index in [4.69, 9.17) is 0 Å². The molecule has 0 saturated heterocycles. The van der Waals surface area contributed by atoms with Crippen molar-refractivity contribution in [1.29, 1.82) is 0 Å². The third-order valence-electron chi connectivity index (χ3n) is 3.64. The first-order chi connectivity index (χ1) is 8.11. The van der Waals surface area contributed by atoms with Crippen molar-refractivity contribution in [1.82, 2.24) is 4.90 Å². The van der Waals surface area contributed by atoms with Gasteiger partial charge in [-0.3, -0.25) is 4.79 Å². The first kappa shape index (κ1) is 12.0. The number of hydrogen-bond acceptors (Lipinski definition) is 2. The monoisotopic (exact) mass is 232 g/mol. The van der Waals surface area contributed by atoms with Crippen LogP contribution in [0.15, 0.2) is 24.3 Å². The maximum Gasteiger partial charge on any atom is 0.219 e. The average Bonchev–Trinajstić information content (AvgIpc) is 2.49. The predicted molar refractivity (Wildman–Crippen MR) is 70.1 cm³/mol. The number of amides is 1. The van der Waals surface area contributed by atoms with E-state index in [0.29, 0.717) is 0 Å². The highest BCUT2D eigenvalue weighted by Crippen LogP contribution is 2.35.